The van der Waals surface area contributed by atoms with Crippen molar-refractivity contribution in [2.75, 3.05) is 0 Å². The highest BCUT2D eigenvalue weighted by Crippen LogP contribution is 2.34. The van der Waals surface area contributed by atoms with Crippen LogP contribution in [0.4, 0.5) is 13.2 Å². The molecule has 0 bridgehead atoms. The molecule has 31 heavy (non-hydrogen) atoms. The van der Waals surface area contributed by atoms with Gasteiger partial charge in [-0.3, -0.25) is 4.79 Å². The molecule has 0 aliphatic carbocycles. The van der Waals surface area contributed by atoms with Gasteiger partial charge in [0.25, 0.3) is 0 Å². The summed E-state index contributed by atoms with van der Waals surface area (Å²) in [5, 5.41) is 9.82. The van der Waals surface area contributed by atoms with Gasteiger partial charge in [-0.2, -0.15) is 13.2 Å². The molecule has 0 spiro atoms. The van der Waals surface area contributed by atoms with Crippen LogP contribution in [0.15, 0.2) is 60.7 Å². The monoisotopic (exact) mass is 427 g/mol. The average molecular weight is 427 g/mol. The van der Waals surface area contributed by atoms with Crippen LogP contribution in [0.1, 0.15) is 42.9 Å². The lowest BCUT2D eigenvalue weighted by Crippen LogP contribution is -2.14. The zero-order chi connectivity index (χ0) is 22.8. The number of carbonyl (C=O) groups is 1. The largest absolute Gasteiger partial charge is 0.481 e. The van der Waals surface area contributed by atoms with Crippen LogP contribution in [0.2, 0.25) is 0 Å². The van der Waals surface area contributed by atoms with Gasteiger partial charge in [-0.05, 0) is 55.2 Å². The van der Waals surface area contributed by atoms with Crippen molar-refractivity contribution in [3.63, 3.8) is 0 Å². The number of aliphatic carboxylic acids is 1. The van der Waals surface area contributed by atoms with Crippen LogP contribution in [0.3, 0.4) is 0 Å². The first-order chi connectivity index (χ1) is 14.5. The van der Waals surface area contributed by atoms with Crippen LogP contribution in [0.25, 0.3) is 22.5 Å². The predicted octanol–water partition coefficient (Wildman–Crippen LogP) is 6.96. The predicted molar refractivity (Wildman–Crippen MR) is 115 cm³/mol. The summed E-state index contributed by atoms with van der Waals surface area (Å²) < 4.78 is 38.8. The molecule has 0 amide bonds. The van der Waals surface area contributed by atoms with E-state index in [1.54, 1.807) is 12.1 Å². The molecule has 0 saturated heterocycles. The third-order valence-electron chi connectivity index (χ3n) is 5.08. The number of alkyl halides is 3. The van der Waals surface area contributed by atoms with Crippen LogP contribution < -0.4 is 0 Å². The lowest BCUT2D eigenvalue weighted by atomic mass is 9.89. The fraction of sp³-hybridized carbons (Fsp3) is 0.280. The standard InChI is InChI=1S/C25H24F3NO2/c1-15(2)11-21(24(30)31)19-13-22(17-7-9-20(10-8-17)25(26,27)28)29-23(14-19)18-6-4-5-16(3)12-18/h4-10,12-15,21H,11H2,1-3H3,(H,30,31). The lowest BCUT2D eigenvalue weighted by molar-refractivity contribution is -0.139. The van der Waals surface area contributed by atoms with E-state index in [1.807, 2.05) is 45.0 Å². The summed E-state index contributed by atoms with van der Waals surface area (Å²) in [5.41, 5.74) is 3.22. The maximum atomic E-state index is 12.9. The number of rotatable bonds is 6. The van der Waals surface area contributed by atoms with E-state index in [-0.39, 0.29) is 5.92 Å². The molecular weight excluding hydrogens is 403 g/mol. The number of hydrogen-bond donors (Lipinski definition) is 1. The number of aryl methyl sites for hydroxylation is 1. The molecule has 0 aliphatic heterocycles. The van der Waals surface area contributed by atoms with Gasteiger partial charge in [0.05, 0.1) is 22.9 Å². The Morgan fingerprint density at radius 2 is 1.58 bits per heavy atom. The molecule has 3 aromatic rings. The number of aromatic nitrogens is 1. The number of nitrogens with zero attached hydrogens (tertiary/aromatic N) is 1. The minimum Gasteiger partial charge on any atom is -0.481 e. The Hall–Kier alpha value is -3.15. The second-order valence-corrected chi connectivity index (χ2v) is 8.14. The third-order valence-corrected chi connectivity index (χ3v) is 5.08. The average Bonchev–Trinajstić information content (AvgIpc) is 2.71. The molecular formula is C25H24F3NO2. The Labute approximate surface area is 179 Å². The fourth-order valence-corrected chi connectivity index (χ4v) is 3.53. The molecule has 3 rings (SSSR count). The van der Waals surface area contributed by atoms with Crippen molar-refractivity contribution in [1.29, 1.82) is 0 Å². The summed E-state index contributed by atoms with van der Waals surface area (Å²) >= 11 is 0. The quantitative estimate of drug-likeness (QED) is 0.463. The summed E-state index contributed by atoms with van der Waals surface area (Å²) in [6.45, 7) is 5.85. The van der Waals surface area contributed by atoms with Crippen molar-refractivity contribution >= 4 is 5.97 Å². The molecule has 0 aliphatic rings. The summed E-state index contributed by atoms with van der Waals surface area (Å²) in [4.78, 5) is 16.6. The fourth-order valence-electron chi connectivity index (χ4n) is 3.53. The molecule has 1 atom stereocenters. The van der Waals surface area contributed by atoms with Crippen molar-refractivity contribution in [1.82, 2.24) is 4.98 Å². The molecule has 0 radical (unpaired) electrons. The van der Waals surface area contributed by atoms with Gasteiger partial charge in [-0.15, -0.1) is 0 Å². The first-order valence-corrected chi connectivity index (χ1v) is 10.0. The maximum absolute atomic E-state index is 12.9. The Kier molecular flexibility index (Phi) is 6.48. The molecule has 162 valence electrons. The smallest absolute Gasteiger partial charge is 0.416 e. The molecule has 2 aromatic carbocycles. The van der Waals surface area contributed by atoms with E-state index >= 15 is 0 Å². The SMILES string of the molecule is Cc1cccc(-c2cc(C(CC(C)C)C(=O)O)cc(-c3ccc(C(F)(F)F)cc3)n2)c1. The lowest BCUT2D eigenvalue weighted by Gasteiger charge is -2.18. The van der Waals surface area contributed by atoms with Gasteiger partial charge < -0.3 is 5.11 Å². The topological polar surface area (TPSA) is 50.2 Å². The highest BCUT2D eigenvalue weighted by atomic mass is 19.4. The Balaban J connectivity index is 2.16. The molecule has 3 nitrogen and oxygen atoms in total. The normalized spacial score (nSPS) is 12.7. The summed E-state index contributed by atoms with van der Waals surface area (Å²) in [7, 11) is 0. The van der Waals surface area contributed by atoms with E-state index in [9.17, 15) is 23.1 Å². The van der Waals surface area contributed by atoms with E-state index in [2.05, 4.69) is 4.98 Å². The van der Waals surface area contributed by atoms with Gasteiger partial charge in [-0.1, -0.05) is 49.7 Å². The zero-order valence-electron chi connectivity index (χ0n) is 17.6. The highest BCUT2D eigenvalue weighted by Gasteiger charge is 2.30. The Morgan fingerprint density at radius 3 is 2.10 bits per heavy atom. The van der Waals surface area contributed by atoms with E-state index in [0.29, 0.717) is 28.9 Å². The number of pyridine rings is 1. The highest BCUT2D eigenvalue weighted by molar-refractivity contribution is 5.78. The van der Waals surface area contributed by atoms with Crippen LogP contribution in [0, 0.1) is 12.8 Å². The summed E-state index contributed by atoms with van der Waals surface area (Å²) in [6, 6.07) is 15.9. The van der Waals surface area contributed by atoms with Crippen LogP contribution >= 0.6 is 0 Å². The van der Waals surface area contributed by atoms with Gasteiger partial charge in [0, 0.05) is 11.1 Å². The van der Waals surface area contributed by atoms with E-state index in [0.717, 1.165) is 23.3 Å². The molecule has 1 heterocycles. The van der Waals surface area contributed by atoms with E-state index < -0.39 is 23.6 Å². The van der Waals surface area contributed by atoms with Crippen molar-refractivity contribution < 1.29 is 23.1 Å². The van der Waals surface area contributed by atoms with Crippen LogP contribution in [-0.4, -0.2) is 16.1 Å². The summed E-state index contributed by atoms with van der Waals surface area (Å²) in [6.07, 6.45) is -3.98. The second-order valence-electron chi connectivity index (χ2n) is 8.14. The van der Waals surface area contributed by atoms with E-state index in [4.69, 9.17) is 0 Å². The van der Waals surface area contributed by atoms with Gasteiger partial charge in [0.15, 0.2) is 0 Å². The Morgan fingerprint density at radius 1 is 0.968 bits per heavy atom. The molecule has 1 N–H and O–H groups in total. The third kappa shape index (κ3) is 5.51. The Bertz CT molecular complexity index is 1070. The molecule has 0 fully saturated rings. The number of hydrogen-bond acceptors (Lipinski definition) is 2. The summed E-state index contributed by atoms with van der Waals surface area (Å²) in [5.74, 6) is -1.51. The zero-order valence-corrected chi connectivity index (χ0v) is 17.6. The van der Waals surface area contributed by atoms with Gasteiger partial charge >= 0.3 is 12.1 Å². The van der Waals surface area contributed by atoms with Crippen molar-refractivity contribution in [2.24, 2.45) is 5.92 Å². The van der Waals surface area contributed by atoms with Crippen molar-refractivity contribution in [2.45, 2.75) is 39.3 Å². The van der Waals surface area contributed by atoms with Crippen LogP contribution in [-0.2, 0) is 11.0 Å². The first kappa shape index (κ1) is 22.5. The van der Waals surface area contributed by atoms with Gasteiger partial charge in [0.2, 0.25) is 0 Å². The minimum atomic E-state index is -4.42. The number of carboxylic acids is 1. The second kappa shape index (κ2) is 8.92. The van der Waals surface area contributed by atoms with Gasteiger partial charge in [0.1, 0.15) is 0 Å². The van der Waals surface area contributed by atoms with Gasteiger partial charge in [-0.25, -0.2) is 4.98 Å². The van der Waals surface area contributed by atoms with Crippen molar-refractivity contribution in [3.8, 4) is 22.5 Å². The molecule has 1 aromatic heterocycles. The molecule has 0 saturated carbocycles. The number of carboxylic acid groups (broad SMARTS) is 1. The minimum absolute atomic E-state index is 0.159. The molecule has 1 unspecified atom stereocenters. The first-order valence-electron chi connectivity index (χ1n) is 10.0. The molecule has 6 heteroatoms. The van der Waals surface area contributed by atoms with Crippen LogP contribution in [0.5, 0.6) is 0 Å². The van der Waals surface area contributed by atoms with Crippen molar-refractivity contribution in [3.05, 3.63) is 77.4 Å². The van der Waals surface area contributed by atoms with E-state index in [1.165, 1.54) is 12.1 Å². The maximum Gasteiger partial charge on any atom is 0.416 e. The number of halogens is 3. The number of benzene rings is 2.